The fourth-order valence-electron chi connectivity index (χ4n) is 2.42. The molecule has 0 atom stereocenters. The molecule has 0 radical (unpaired) electrons. The van der Waals surface area contributed by atoms with Crippen LogP contribution in [0.5, 0.6) is 0 Å². The lowest BCUT2D eigenvalue weighted by atomic mass is 9.99. The predicted octanol–water partition coefficient (Wildman–Crippen LogP) is 3.27. The number of alkyl halides is 3. The number of nitrogens with zero attached hydrogens (tertiary/aromatic N) is 4. The molecule has 0 N–H and O–H groups in total. The molecule has 0 amide bonds. The molecule has 1 heterocycles. The van der Waals surface area contributed by atoms with Gasteiger partial charge >= 0.3 is 12.1 Å². The van der Waals surface area contributed by atoms with Crippen LogP contribution in [-0.4, -0.2) is 41.6 Å². The molecule has 160 valence electrons. The Morgan fingerprint density at radius 3 is 2.53 bits per heavy atom. The molecule has 1 aromatic heterocycles. The average Bonchev–Trinajstić information content (AvgIpc) is 2.72. The van der Waals surface area contributed by atoms with Gasteiger partial charge in [0.15, 0.2) is 11.4 Å². The molecule has 0 saturated heterocycles. The summed E-state index contributed by atoms with van der Waals surface area (Å²) in [5.74, 6) is -0.706. The highest BCUT2D eigenvalue weighted by molar-refractivity contribution is 6.43. The Hall–Kier alpha value is -3.50. The zero-order chi connectivity index (χ0) is 22.3. The molecule has 11 heteroatoms. The van der Waals surface area contributed by atoms with Gasteiger partial charge in [0.2, 0.25) is 0 Å². The number of oxime groups is 2. The highest BCUT2D eigenvalue weighted by atomic mass is 19.4. The van der Waals surface area contributed by atoms with E-state index in [9.17, 15) is 18.0 Å². The number of carbonyl (C=O) groups excluding carboxylic acids is 1. The van der Waals surface area contributed by atoms with Crippen molar-refractivity contribution in [2.24, 2.45) is 10.3 Å². The summed E-state index contributed by atoms with van der Waals surface area (Å²) in [6.07, 6.45) is -2.84. The first-order valence-corrected chi connectivity index (χ1v) is 8.53. The minimum Gasteiger partial charge on any atom is -0.464 e. The van der Waals surface area contributed by atoms with Gasteiger partial charge in [0.25, 0.3) is 0 Å². The second-order valence-corrected chi connectivity index (χ2v) is 5.95. The maximum Gasteiger partial charge on any atom is 0.434 e. The number of halogens is 3. The molecule has 2 rings (SSSR count). The van der Waals surface area contributed by atoms with Crippen molar-refractivity contribution in [3.63, 3.8) is 0 Å². The smallest absolute Gasteiger partial charge is 0.434 e. The van der Waals surface area contributed by atoms with Crippen LogP contribution in [0.25, 0.3) is 0 Å². The first-order valence-electron chi connectivity index (χ1n) is 8.53. The topological polar surface area (TPSA) is 95.3 Å². The zero-order valence-corrected chi connectivity index (χ0v) is 16.6. The molecule has 0 spiro atoms. The van der Waals surface area contributed by atoms with E-state index in [-0.39, 0.29) is 23.7 Å². The lowest BCUT2D eigenvalue weighted by Crippen LogP contribution is -2.20. The highest BCUT2D eigenvalue weighted by Gasteiger charge is 2.33. The van der Waals surface area contributed by atoms with Crippen LogP contribution in [-0.2, 0) is 32.0 Å². The SMILES string of the molecule is CO/N=C(/C(=O)OC)c1cccc(C)c1CO/N=C(\C)c1cncc(C(F)(F)F)n1. The van der Waals surface area contributed by atoms with E-state index in [0.29, 0.717) is 17.3 Å². The molecular weight excluding hydrogens is 405 g/mol. The largest absolute Gasteiger partial charge is 0.464 e. The second-order valence-electron chi connectivity index (χ2n) is 5.95. The monoisotopic (exact) mass is 424 g/mol. The van der Waals surface area contributed by atoms with Crippen LogP contribution >= 0.6 is 0 Å². The molecule has 0 aliphatic heterocycles. The summed E-state index contributed by atoms with van der Waals surface area (Å²) in [6, 6.07) is 5.14. The van der Waals surface area contributed by atoms with E-state index in [4.69, 9.17) is 14.4 Å². The van der Waals surface area contributed by atoms with Gasteiger partial charge in [-0.25, -0.2) is 9.78 Å². The summed E-state index contributed by atoms with van der Waals surface area (Å²) >= 11 is 0. The van der Waals surface area contributed by atoms with E-state index in [1.54, 1.807) is 25.1 Å². The highest BCUT2D eigenvalue weighted by Crippen LogP contribution is 2.26. The zero-order valence-electron chi connectivity index (χ0n) is 16.6. The van der Waals surface area contributed by atoms with Crippen molar-refractivity contribution >= 4 is 17.4 Å². The van der Waals surface area contributed by atoms with Gasteiger partial charge in [-0.3, -0.25) is 4.98 Å². The van der Waals surface area contributed by atoms with Gasteiger partial charge < -0.3 is 14.4 Å². The summed E-state index contributed by atoms with van der Waals surface area (Å²) in [7, 11) is 2.50. The molecule has 0 fully saturated rings. The number of rotatable bonds is 7. The number of esters is 1. The first kappa shape index (κ1) is 22.8. The minimum absolute atomic E-state index is 0.0632. The van der Waals surface area contributed by atoms with Crippen LogP contribution in [0.3, 0.4) is 0 Å². The van der Waals surface area contributed by atoms with Gasteiger partial charge in [0.05, 0.1) is 19.5 Å². The fourth-order valence-corrected chi connectivity index (χ4v) is 2.42. The maximum absolute atomic E-state index is 12.8. The molecule has 0 aliphatic carbocycles. The molecule has 8 nitrogen and oxygen atoms in total. The standard InChI is InChI=1S/C19H19F3N4O4/c1-11-6-5-7-13(17(26-29-4)18(27)28-3)14(11)10-30-25-12(2)15-8-23-9-16(24-15)19(20,21)22/h5-9H,10H2,1-4H3/b25-12+,26-17+. The van der Waals surface area contributed by atoms with Crippen molar-refractivity contribution in [2.45, 2.75) is 26.6 Å². The minimum atomic E-state index is -4.62. The number of ether oxygens (including phenoxy) is 1. The summed E-state index contributed by atoms with van der Waals surface area (Å²) in [4.78, 5) is 29.1. The number of hydrogen-bond acceptors (Lipinski definition) is 8. The van der Waals surface area contributed by atoms with E-state index < -0.39 is 17.8 Å². The van der Waals surface area contributed by atoms with Crippen molar-refractivity contribution in [3.8, 4) is 0 Å². The number of aryl methyl sites for hydroxylation is 1. The van der Waals surface area contributed by atoms with Gasteiger partial charge in [-0.05, 0) is 19.4 Å². The Morgan fingerprint density at radius 2 is 1.90 bits per heavy atom. The molecule has 1 aromatic carbocycles. The van der Waals surface area contributed by atoms with Crippen LogP contribution in [0, 0.1) is 6.92 Å². The van der Waals surface area contributed by atoms with Gasteiger partial charge in [0, 0.05) is 11.1 Å². The Labute approximate surface area is 170 Å². The van der Waals surface area contributed by atoms with Crippen molar-refractivity contribution in [2.75, 3.05) is 14.2 Å². The third kappa shape index (κ3) is 5.52. The second kappa shape index (κ2) is 9.81. The summed E-state index contributed by atoms with van der Waals surface area (Å²) < 4.78 is 43.1. The summed E-state index contributed by atoms with van der Waals surface area (Å²) in [6.45, 7) is 3.14. The Bertz CT molecular complexity index is 974. The van der Waals surface area contributed by atoms with Gasteiger partial charge in [-0.1, -0.05) is 28.5 Å². The van der Waals surface area contributed by atoms with Crippen molar-refractivity contribution in [1.29, 1.82) is 0 Å². The maximum atomic E-state index is 12.8. The normalized spacial score (nSPS) is 12.5. The summed E-state index contributed by atoms with van der Waals surface area (Å²) in [5.41, 5.74) is 0.585. The third-order valence-electron chi connectivity index (χ3n) is 3.93. The van der Waals surface area contributed by atoms with E-state index in [1.165, 1.54) is 21.1 Å². The Kier molecular flexibility index (Phi) is 7.45. The number of methoxy groups -OCH3 is 1. The van der Waals surface area contributed by atoms with E-state index >= 15 is 0 Å². The number of hydrogen-bond donors (Lipinski definition) is 0. The van der Waals surface area contributed by atoms with Crippen LogP contribution in [0.15, 0.2) is 40.9 Å². The van der Waals surface area contributed by atoms with E-state index in [1.807, 2.05) is 0 Å². The van der Waals surface area contributed by atoms with Crippen molar-refractivity contribution in [3.05, 3.63) is 58.7 Å². The van der Waals surface area contributed by atoms with Gasteiger partial charge in [0.1, 0.15) is 25.1 Å². The van der Waals surface area contributed by atoms with Crippen LogP contribution in [0.2, 0.25) is 0 Å². The van der Waals surface area contributed by atoms with Gasteiger partial charge in [-0.2, -0.15) is 13.2 Å². The molecule has 0 unspecified atom stereocenters. The van der Waals surface area contributed by atoms with Crippen molar-refractivity contribution in [1.82, 2.24) is 9.97 Å². The van der Waals surface area contributed by atoms with Crippen LogP contribution in [0.4, 0.5) is 13.2 Å². The molecule has 0 saturated carbocycles. The molecule has 0 aliphatic rings. The van der Waals surface area contributed by atoms with E-state index in [2.05, 4.69) is 20.3 Å². The van der Waals surface area contributed by atoms with Crippen molar-refractivity contribution < 1.29 is 32.4 Å². The number of aromatic nitrogens is 2. The molecule has 0 bridgehead atoms. The quantitative estimate of drug-likeness (QED) is 0.385. The number of carbonyl (C=O) groups is 1. The Balaban J connectivity index is 2.28. The number of benzene rings is 1. The third-order valence-corrected chi connectivity index (χ3v) is 3.93. The fraction of sp³-hybridized carbons (Fsp3) is 0.316. The molecule has 30 heavy (non-hydrogen) atoms. The predicted molar refractivity (Wildman–Crippen MR) is 101 cm³/mol. The van der Waals surface area contributed by atoms with E-state index in [0.717, 1.165) is 11.8 Å². The lowest BCUT2D eigenvalue weighted by molar-refractivity contribution is -0.141. The average molecular weight is 424 g/mol. The molecule has 2 aromatic rings. The van der Waals surface area contributed by atoms with Crippen LogP contribution < -0.4 is 0 Å². The van der Waals surface area contributed by atoms with Gasteiger partial charge in [-0.15, -0.1) is 0 Å². The van der Waals surface area contributed by atoms with Crippen LogP contribution in [0.1, 0.15) is 35.0 Å². The lowest BCUT2D eigenvalue weighted by Gasteiger charge is -2.12. The molecular formula is C19H19F3N4O4. The first-order chi connectivity index (χ1) is 14.2. The summed E-state index contributed by atoms with van der Waals surface area (Å²) in [5, 5.41) is 7.54. The Morgan fingerprint density at radius 1 is 1.17 bits per heavy atom.